The van der Waals surface area contributed by atoms with Crippen LogP contribution in [0, 0.1) is 0 Å². The summed E-state index contributed by atoms with van der Waals surface area (Å²) in [6.45, 7) is 7.28. The van der Waals surface area contributed by atoms with E-state index in [2.05, 4.69) is 17.8 Å². The minimum absolute atomic E-state index is 0.340. The van der Waals surface area contributed by atoms with E-state index in [0.717, 1.165) is 57.8 Å². The average Bonchev–Trinajstić information content (AvgIpc) is 3.43. The molecule has 0 amide bonds. The van der Waals surface area contributed by atoms with Gasteiger partial charge in [-0.25, -0.2) is 0 Å². The first-order valence-corrected chi connectivity index (χ1v) is 8.89. The number of epoxide rings is 4. The summed E-state index contributed by atoms with van der Waals surface area (Å²) in [5.74, 6) is 0. The van der Waals surface area contributed by atoms with Gasteiger partial charge in [-0.05, 0) is 35.0 Å². The molecule has 5 nitrogen and oxygen atoms in total. The highest BCUT2D eigenvalue weighted by molar-refractivity contribution is 5.61. The lowest BCUT2D eigenvalue weighted by molar-refractivity contribution is 0.395. The zero-order valence-corrected chi connectivity index (χ0v) is 13.8. The van der Waals surface area contributed by atoms with Crippen molar-refractivity contribution in [3.8, 4) is 0 Å². The van der Waals surface area contributed by atoms with Crippen molar-refractivity contribution in [1.29, 1.82) is 0 Å². The van der Waals surface area contributed by atoms with E-state index in [1.54, 1.807) is 0 Å². The van der Waals surface area contributed by atoms with Crippen molar-refractivity contribution in [3.63, 3.8) is 0 Å². The minimum atomic E-state index is 0.340. The Bertz CT molecular complexity index is 658. The second-order valence-electron chi connectivity index (χ2n) is 7.29. The van der Waals surface area contributed by atoms with Crippen molar-refractivity contribution in [3.05, 3.63) is 28.3 Å². The Morgan fingerprint density at radius 1 is 0.750 bits per heavy atom. The number of nitrogens with zero attached hydrogens (tertiary/aromatic N) is 1. The first-order chi connectivity index (χ1) is 11.8. The molecule has 0 aromatic heterocycles. The van der Waals surface area contributed by atoms with Crippen molar-refractivity contribution < 1.29 is 18.9 Å². The summed E-state index contributed by atoms with van der Waals surface area (Å²) in [6.07, 6.45) is 5.27. The zero-order chi connectivity index (χ0) is 16.1. The molecule has 4 saturated heterocycles. The lowest BCUT2D eigenvalue weighted by Crippen LogP contribution is -2.13. The molecule has 0 spiro atoms. The standard InChI is InChI=1S/C19H23NO4/c1-20-19-3-11(2-12-7-21-12)16(4-13-8-22-13)17(5-14-9-23-14)18(19)6-15-10-24-15/h3,12-15H,1-2,4-10H2. The van der Waals surface area contributed by atoms with E-state index < -0.39 is 0 Å². The second kappa shape index (κ2) is 5.92. The number of benzene rings is 1. The lowest BCUT2D eigenvalue weighted by Gasteiger charge is -2.20. The van der Waals surface area contributed by atoms with Gasteiger partial charge in [-0.1, -0.05) is 0 Å². The van der Waals surface area contributed by atoms with Crippen molar-refractivity contribution in [2.24, 2.45) is 4.99 Å². The van der Waals surface area contributed by atoms with Crippen LogP contribution in [0.2, 0.25) is 0 Å². The highest BCUT2D eigenvalue weighted by Gasteiger charge is 2.34. The topological polar surface area (TPSA) is 62.5 Å². The molecule has 24 heavy (non-hydrogen) atoms. The van der Waals surface area contributed by atoms with Crippen LogP contribution in [-0.4, -0.2) is 57.6 Å². The Kier molecular flexibility index (Phi) is 3.70. The van der Waals surface area contributed by atoms with Crippen LogP contribution in [0.4, 0.5) is 5.69 Å². The Morgan fingerprint density at radius 3 is 1.71 bits per heavy atom. The van der Waals surface area contributed by atoms with Gasteiger partial charge in [0.15, 0.2) is 0 Å². The van der Waals surface area contributed by atoms with Crippen molar-refractivity contribution >= 4 is 12.4 Å². The summed E-state index contributed by atoms with van der Waals surface area (Å²) in [7, 11) is 0. The van der Waals surface area contributed by atoms with Crippen molar-refractivity contribution in [1.82, 2.24) is 0 Å². The molecule has 4 unspecified atom stereocenters. The van der Waals surface area contributed by atoms with Gasteiger partial charge in [0.05, 0.1) is 56.5 Å². The van der Waals surface area contributed by atoms with Gasteiger partial charge in [-0.2, -0.15) is 0 Å². The molecule has 4 atom stereocenters. The van der Waals surface area contributed by atoms with Crippen LogP contribution in [0.5, 0.6) is 0 Å². The van der Waals surface area contributed by atoms with E-state index in [1.165, 1.54) is 22.3 Å². The van der Waals surface area contributed by atoms with Gasteiger partial charge in [-0.3, -0.25) is 4.99 Å². The van der Waals surface area contributed by atoms with Gasteiger partial charge in [0.2, 0.25) is 0 Å². The Hall–Kier alpha value is -1.27. The fourth-order valence-corrected chi connectivity index (χ4v) is 3.59. The first-order valence-electron chi connectivity index (χ1n) is 8.89. The van der Waals surface area contributed by atoms with Gasteiger partial charge in [-0.15, -0.1) is 0 Å². The summed E-state index contributed by atoms with van der Waals surface area (Å²) < 4.78 is 22.0. The third-order valence-corrected chi connectivity index (χ3v) is 5.26. The first kappa shape index (κ1) is 15.0. The average molecular weight is 329 g/mol. The van der Waals surface area contributed by atoms with Gasteiger partial charge in [0, 0.05) is 25.7 Å². The quantitative estimate of drug-likeness (QED) is 0.512. The molecule has 0 bridgehead atoms. The fraction of sp³-hybridized carbons (Fsp3) is 0.632. The second-order valence-corrected chi connectivity index (χ2v) is 7.29. The molecule has 5 rings (SSSR count). The van der Waals surface area contributed by atoms with E-state index in [0.29, 0.717) is 24.4 Å². The molecule has 4 aliphatic heterocycles. The molecule has 128 valence electrons. The molecule has 0 saturated carbocycles. The third-order valence-electron chi connectivity index (χ3n) is 5.26. The Balaban J connectivity index is 1.58. The number of ether oxygens (including phenoxy) is 4. The van der Waals surface area contributed by atoms with Crippen molar-refractivity contribution in [2.75, 3.05) is 26.4 Å². The Labute approximate surface area is 142 Å². The van der Waals surface area contributed by atoms with Gasteiger partial charge in [0.1, 0.15) is 0 Å². The van der Waals surface area contributed by atoms with Crippen LogP contribution in [0.15, 0.2) is 11.1 Å². The van der Waals surface area contributed by atoms with E-state index in [4.69, 9.17) is 18.9 Å². The summed E-state index contributed by atoms with van der Waals surface area (Å²) in [6, 6.07) is 2.22. The maximum absolute atomic E-state index is 5.54. The van der Waals surface area contributed by atoms with Crippen LogP contribution < -0.4 is 0 Å². The van der Waals surface area contributed by atoms with Crippen LogP contribution >= 0.6 is 0 Å². The van der Waals surface area contributed by atoms with E-state index >= 15 is 0 Å². The fourth-order valence-electron chi connectivity index (χ4n) is 3.59. The molecule has 4 aliphatic rings. The predicted octanol–water partition coefficient (Wildman–Crippen LogP) is 1.78. The van der Waals surface area contributed by atoms with Crippen LogP contribution in [0.3, 0.4) is 0 Å². The summed E-state index contributed by atoms with van der Waals surface area (Å²) >= 11 is 0. The van der Waals surface area contributed by atoms with Gasteiger partial charge < -0.3 is 18.9 Å². The van der Waals surface area contributed by atoms with Crippen LogP contribution in [0.1, 0.15) is 22.3 Å². The maximum Gasteiger partial charge on any atom is 0.0851 e. The highest BCUT2D eigenvalue weighted by Crippen LogP contribution is 2.37. The molecular weight excluding hydrogens is 306 g/mol. The van der Waals surface area contributed by atoms with Gasteiger partial charge in [0.25, 0.3) is 0 Å². The van der Waals surface area contributed by atoms with Gasteiger partial charge >= 0.3 is 0 Å². The monoisotopic (exact) mass is 329 g/mol. The lowest BCUT2D eigenvalue weighted by atomic mass is 9.86. The molecule has 4 fully saturated rings. The maximum atomic E-state index is 5.54. The molecular formula is C19H23NO4. The summed E-state index contributed by atoms with van der Waals surface area (Å²) in [5, 5.41) is 0. The molecule has 0 N–H and O–H groups in total. The third kappa shape index (κ3) is 3.40. The SMILES string of the molecule is C=Nc1cc(CC2CO2)c(CC2CO2)c(CC2CO2)c1CC1CO1. The number of aliphatic imine (C=N–C) groups is 1. The number of hydrogen-bond donors (Lipinski definition) is 0. The normalized spacial score (nSPS) is 32.5. The zero-order valence-electron chi connectivity index (χ0n) is 13.8. The van der Waals surface area contributed by atoms with E-state index in [1.807, 2.05) is 0 Å². The molecule has 4 heterocycles. The smallest absolute Gasteiger partial charge is 0.0851 e. The molecule has 0 aliphatic carbocycles. The molecule has 0 radical (unpaired) electrons. The Morgan fingerprint density at radius 2 is 1.21 bits per heavy atom. The minimum Gasteiger partial charge on any atom is -0.373 e. The van der Waals surface area contributed by atoms with Crippen LogP contribution in [0.25, 0.3) is 0 Å². The molecule has 1 aromatic carbocycles. The molecule has 5 heteroatoms. The predicted molar refractivity (Wildman–Crippen MR) is 89.4 cm³/mol. The van der Waals surface area contributed by atoms with Crippen LogP contribution in [-0.2, 0) is 44.6 Å². The van der Waals surface area contributed by atoms with E-state index in [9.17, 15) is 0 Å². The number of hydrogen-bond acceptors (Lipinski definition) is 5. The van der Waals surface area contributed by atoms with Crippen molar-refractivity contribution in [2.45, 2.75) is 50.1 Å². The summed E-state index contributed by atoms with van der Waals surface area (Å²) in [5.41, 5.74) is 6.51. The molecule has 1 aromatic rings. The van der Waals surface area contributed by atoms with E-state index in [-0.39, 0.29) is 0 Å². The summed E-state index contributed by atoms with van der Waals surface area (Å²) in [4.78, 5) is 4.35. The number of rotatable bonds is 9. The largest absolute Gasteiger partial charge is 0.373 e. The highest BCUT2D eigenvalue weighted by atomic mass is 16.6.